The number of amides is 1. The summed E-state index contributed by atoms with van der Waals surface area (Å²) < 4.78 is 41.6. The standard InChI is InChI=1S/C23H20BrN3O8S/c1-3-34-21-12-15(14-25-26-23(28)16-7-9-18(33-2)10-8-16)11-20(24)22(21)35-36(31,32)19-6-4-5-17(13-19)27(29)30/h4-14H,3H2,1-2H3,(H,26,28)/b25-14-. The van der Waals surface area contributed by atoms with Crippen LogP contribution in [0.5, 0.6) is 17.2 Å². The third kappa shape index (κ3) is 6.58. The molecule has 0 heterocycles. The van der Waals surface area contributed by atoms with E-state index in [0.717, 1.165) is 6.07 Å². The number of carbonyl (C=O) groups excluding carboxylic acids is 1. The predicted octanol–water partition coefficient (Wildman–Crippen LogP) is 4.30. The molecular weight excluding hydrogens is 558 g/mol. The van der Waals surface area contributed by atoms with E-state index in [1.54, 1.807) is 31.2 Å². The molecular formula is C23H20BrN3O8S. The number of nitrogens with one attached hydrogen (secondary N) is 1. The van der Waals surface area contributed by atoms with Gasteiger partial charge in [-0.15, -0.1) is 0 Å². The number of ether oxygens (including phenoxy) is 2. The smallest absolute Gasteiger partial charge is 0.339 e. The summed E-state index contributed by atoms with van der Waals surface area (Å²) >= 11 is 3.26. The monoisotopic (exact) mass is 577 g/mol. The minimum atomic E-state index is -4.42. The molecule has 0 radical (unpaired) electrons. The van der Waals surface area contributed by atoms with Crippen molar-refractivity contribution in [3.8, 4) is 17.2 Å². The van der Waals surface area contributed by atoms with Crippen molar-refractivity contribution in [1.29, 1.82) is 0 Å². The molecule has 1 amide bonds. The highest BCUT2D eigenvalue weighted by Crippen LogP contribution is 2.38. The molecule has 0 saturated heterocycles. The Bertz CT molecular complexity index is 1410. The first-order valence-corrected chi connectivity index (χ1v) is 12.5. The minimum absolute atomic E-state index is 0.0730. The molecule has 0 bridgehead atoms. The van der Waals surface area contributed by atoms with Crippen LogP contribution in [0.2, 0.25) is 0 Å². The van der Waals surface area contributed by atoms with Gasteiger partial charge in [0.15, 0.2) is 11.5 Å². The van der Waals surface area contributed by atoms with Gasteiger partial charge in [-0.25, -0.2) is 5.43 Å². The van der Waals surface area contributed by atoms with Crippen molar-refractivity contribution in [3.05, 3.63) is 86.4 Å². The van der Waals surface area contributed by atoms with Crippen molar-refractivity contribution in [2.24, 2.45) is 5.10 Å². The molecule has 0 aliphatic heterocycles. The molecule has 0 saturated carbocycles. The average Bonchev–Trinajstić information content (AvgIpc) is 2.86. The summed E-state index contributed by atoms with van der Waals surface area (Å²) in [5.41, 5.74) is 2.83. The first kappa shape index (κ1) is 26.6. The zero-order valence-electron chi connectivity index (χ0n) is 19.0. The van der Waals surface area contributed by atoms with Gasteiger partial charge in [0, 0.05) is 17.7 Å². The van der Waals surface area contributed by atoms with E-state index in [2.05, 4.69) is 26.5 Å². The van der Waals surface area contributed by atoms with E-state index in [0.29, 0.717) is 16.9 Å². The van der Waals surface area contributed by atoms with Crippen molar-refractivity contribution >= 4 is 43.9 Å². The minimum Gasteiger partial charge on any atom is -0.497 e. The zero-order chi connectivity index (χ0) is 26.3. The molecule has 1 N–H and O–H groups in total. The predicted molar refractivity (Wildman–Crippen MR) is 134 cm³/mol. The van der Waals surface area contributed by atoms with Crippen LogP contribution in [0, 0.1) is 10.1 Å². The van der Waals surface area contributed by atoms with Gasteiger partial charge >= 0.3 is 10.1 Å². The molecule has 0 aliphatic carbocycles. The van der Waals surface area contributed by atoms with Gasteiger partial charge in [0.05, 0.1) is 29.3 Å². The molecule has 13 heteroatoms. The molecule has 3 rings (SSSR count). The molecule has 0 atom stereocenters. The summed E-state index contributed by atoms with van der Waals surface area (Å²) in [5, 5.41) is 14.9. The van der Waals surface area contributed by atoms with Crippen LogP contribution in [-0.2, 0) is 10.1 Å². The van der Waals surface area contributed by atoms with Crippen LogP contribution in [0.4, 0.5) is 5.69 Å². The summed E-state index contributed by atoms with van der Waals surface area (Å²) in [6.45, 7) is 1.89. The summed E-state index contributed by atoms with van der Waals surface area (Å²) in [5.74, 6) is 0.0887. The fourth-order valence-electron chi connectivity index (χ4n) is 2.89. The fraction of sp³-hybridized carbons (Fsp3) is 0.130. The normalized spacial score (nSPS) is 11.2. The largest absolute Gasteiger partial charge is 0.497 e. The van der Waals surface area contributed by atoms with Crippen molar-refractivity contribution in [3.63, 3.8) is 0 Å². The highest BCUT2D eigenvalue weighted by Gasteiger charge is 2.24. The number of nitrogens with zero attached hydrogens (tertiary/aromatic N) is 2. The molecule has 11 nitrogen and oxygen atoms in total. The Balaban J connectivity index is 1.82. The van der Waals surface area contributed by atoms with Gasteiger partial charge in [0.2, 0.25) is 0 Å². The lowest BCUT2D eigenvalue weighted by Crippen LogP contribution is -2.17. The number of hydrogen-bond donors (Lipinski definition) is 1. The molecule has 36 heavy (non-hydrogen) atoms. The lowest BCUT2D eigenvalue weighted by molar-refractivity contribution is -0.385. The van der Waals surface area contributed by atoms with Gasteiger partial charge in [0.1, 0.15) is 10.6 Å². The highest BCUT2D eigenvalue weighted by atomic mass is 79.9. The van der Waals surface area contributed by atoms with E-state index in [1.807, 2.05) is 0 Å². The van der Waals surface area contributed by atoms with Crippen molar-refractivity contribution in [2.45, 2.75) is 11.8 Å². The lowest BCUT2D eigenvalue weighted by Gasteiger charge is -2.14. The molecule has 3 aromatic carbocycles. The number of rotatable bonds is 10. The van der Waals surface area contributed by atoms with Crippen LogP contribution >= 0.6 is 15.9 Å². The second-order valence-corrected chi connectivity index (χ2v) is 9.38. The third-order valence-corrected chi connectivity index (χ3v) is 6.38. The van der Waals surface area contributed by atoms with Crippen LogP contribution in [0.1, 0.15) is 22.8 Å². The molecule has 0 aliphatic rings. The Kier molecular flexibility index (Phi) is 8.61. The Morgan fingerprint density at radius 1 is 1.17 bits per heavy atom. The second kappa shape index (κ2) is 11.6. The van der Waals surface area contributed by atoms with Gasteiger partial charge in [-0.05, 0) is 70.9 Å². The van der Waals surface area contributed by atoms with Crippen LogP contribution in [-0.4, -0.2) is 39.2 Å². The lowest BCUT2D eigenvalue weighted by atomic mass is 10.2. The summed E-state index contributed by atoms with van der Waals surface area (Å²) in [6, 6.07) is 13.9. The van der Waals surface area contributed by atoms with Crippen LogP contribution in [0.15, 0.2) is 75.1 Å². The maximum atomic E-state index is 12.8. The number of nitro groups is 1. The SMILES string of the molecule is CCOc1cc(/C=N\NC(=O)c2ccc(OC)cc2)cc(Br)c1OS(=O)(=O)c1cccc([N+](=O)[O-])c1. The molecule has 0 unspecified atom stereocenters. The molecule has 0 fully saturated rings. The van der Waals surface area contributed by atoms with Gasteiger partial charge < -0.3 is 13.7 Å². The number of carbonyl (C=O) groups is 1. The van der Waals surface area contributed by atoms with Crippen LogP contribution in [0.3, 0.4) is 0 Å². The maximum absolute atomic E-state index is 12.8. The van der Waals surface area contributed by atoms with E-state index in [1.165, 1.54) is 43.7 Å². The number of nitro benzene ring substituents is 1. The topological polar surface area (TPSA) is 146 Å². The number of halogens is 1. The Labute approximate surface area is 215 Å². The molecule has 0 aromatic heterocycles. The van der Waals surface area contributed by atoms with Gasteiger partial charge in [-0.2, -0.15) is 13.5 Å². The van der Waals surface area contributed by atoms with Crippen LogP contribution in [0.25, 0.3) is 0 Å². The second-order valence-electron chi connectivity index (χ2n) is 6.98. The summed E-state index contributed by atoms with van der Waals surface area (Å²) in [7, 11) is -2.90. The van der Waals surface area contributed by atoms with E-state index >= 15 is 0 Å². The summed E-state index contributed by atoms with van der Waals surface area (Å²) in [4.78, 5) is 22.2. The molecule has 3 aromatic rings. The quantitative estimate of drug-likeness (QED) is 0.162. The van der Waals surface area contributed by atoms with E-state index in [-0.39, 0.29) is 22.6 Å². The highest BCUT2D eigenvalue weighted by molar-refractivity contribution is 9.10. The van der Waals surface area contributed by atoms with Gasteiger partial charge in [0.25, 0.3) is 11.6 Å². The van der Waals surface area contributed by atoms with E-state index in [9.17, 15) is 23.3 Å². The average molecular weight is 578 g/mol. The first-order chi connectivity index (χ1) is 17.1. The number of methoxy groups -OCH3 is 1. The Morgan fingerprint density at radius 2 is 1.89 bits per heavy atom. The Morgan fingerprint density at radius 3 is 2.53 bits per heavy atom. The Hall–Kier alpha value is -3.97. The van der Waals surface area contributed by atoms with Gasteiger partial charge in [-0.1, -0.05) is 6.07 Å². The maximum Gasteiger partial charge on any atom is 0.339 e. The van der Waals surface area contributed by atoms with Crippen LogP contribution < -0.4 is 19.1 Å². The van der Waals surface area contributed by atoms with Crippen molar-refractivity contribution in [2.75, 3.05) is 13.7 Å². The molecule has 188 valence electrons. The van der Waals surface area contributed by atoms with Crippen molar-refractivity contribution < 1.29 is 31.8 Å². The van der Waals surface area contributed by atoms with Gasteiger partial charge in [-0.3, -0.25) is 14.9 Å². The van der Waals surface area contributed by atoms with Crippen molar-refractivity contribution in [1.82, 2.24) is 5.43 Å². The van der Waals surface area contributed by atoms with E-state index in [4.69, 9.17) is 13.7 Å². The number of hydrogen-bond acceptors (Lipinski definition) is 9. The molecule has 0 spiro atoms. The first-order valence-electron chi connectivity index (χ1n) is 10.3. The number of non-ortho nitro benzene ring substituents is 1. The summed E-state index contributed by atoms with van der Waals surface area (Å²) in [6.07, 6.45) is 1.34. The van der Waals surface area contributed by atoms with E-state index < -0.39 is 31.5 Å². The number of benzene rings is 3. The number of hydrazone groups is 1. The third-order valence-electron chi connectivity index (χ3n) is 4.57. The fourth-order valence-corrected chi connectivity index (χ4v) is 4.53. The zero-order valence-corrected chi connectivity index (χ0v) is 21.4.